The Balaban J connectivity index is 1.81. The van der Waals surface area contributed by atoms with Crippen molar-refractivity contribution in [2.45, 2.75) is 65.2 Å². The van der Waals surface area contributed by atoms with Gasteiger partial charge in [0.05, 0.1) is 0 Å². The summed E-state index contributed by atoms with van der Waals surface area (Å²) in [7, 11) is 0. The number of unbranched alkanes of at least 4 members (excludes halogenated alkanes) is 6. The van der Waals surface area contributed by atoms with Gasteiger partial charge in [-0.05, 0) is 40.8 Å². The number of pyridine rings is 1. The van der Waals surface area contributed by atoms with Crippen LogP contribution in [-0.2, 0) is 0 Å². The van der Waals surface area contributed by atoms with Crippen LogP contribution in [0.3, 0.4) is 0 Å². The van der Waals surface area contributed by atoms with Crippen molar-refractivity contribution in [2.24, 2.45) is 0 Å². The first-order valence-electron chi connectivity index (χ1n) is 13.6. The lowest BCUT2D eigenvalue weighted by atomic mass is 9.89. The zero-order valence-electron chi connectivity index (χ0n) is 21.5. The molecule has 0 aliphatic heterocycles. The Kier molecular flexibility index (Phi) is 9.34. The van der Waals surface area contributed by atoms with Gasteiger partial charge in [-0.3, -0.25) is 4.98 Å². The average molecular weight is 465 g/mol. The summed E-state index contributed by atoms with van der Waals surface area (Å²) in [5, 5.41) is 2.56. The van der Waals surface area contributed by atoms with Crippen LogP contribution in [0.15, 0.2) is 85.2 Å². The SMILES string of the molecule is CCCCCCN(CCCCCC)c1ccncc1-c1c(-c2ccccc2)ccc2ccccc12. The molecule has 0 unspecified atom stereocenters. The smallest absolute Gasteiger partial charge is 0.0477 e. The molecule has 0 radical (unpaired) electrons. The molecular weight excluding hydrogens is 424 g/mol. The fraction of sp³-hybridized carbons (Fsp3) is 0.364. The van der Waals surface area contributed by atoms with Crippen LogP contribution in [0.25, 0.3) is 33.0 Å². The van der Waals surface area contributed by atoms with Crippen molar-refractivity contribution in [3.8, 4) is 22.3 Å². The third-order valence-corrected chi connectivity index (χ3v) is 6.99. The van der Waals surface area contributed by atoms with Crippen LogP contribution in [0.5, 0.6) is 0 Å². The van der Waals surface area contributed by atoms with Crippen LogP contribution >= 0.6 is 0 Å². The van der Waals surface area contributed by atoms with Crippen molar-refractivity contribution < 1.29 is 0 Å². The molecule has 2 nitrogen and oxygen atoms in total. The molecule has 0 spiro atoms. The number of benzene rings is 3. The van der Waals surface area contributed by atoms with Gasteiger partial charge in [0.2, 0.25) is 0 Å². The molecule has 0 atom stereocenters. The van der Waals surface area contributed by atoms with E-state index in [9.17, 15) is 0 Å². The third kappa shape index (κ3) is 6.31. The van der Waals surface area contributed by atoms with Gasteiger partial charge in [-0.15, -0.1) is 0 Å². The Morgan fingerprint density at radius 1 is 0.629 bits per heavy atom. The minimum Gasteiger partial charge on any atom is -0.371 e. The molecule has 0 N–H and O–H groups in total. The van der Waals surface area contributed by atoms with Crippen molar-refractivity contribution in [2.75, 3.05) is 18.0 Å². The first-order valence-corrected chi connectivity index (χ1v) is 13.6. The lowest BCUT2D eigenvalue weighted by Gasteiger charge is -2.28. The summed E-state index contributed by atoms with van der Waals surface area (Å²) in [6.45, 7) is 6.79. The largest absolute Gasteiger partial charge is 0.371 e. The first kappa shape index (κ1) is 25.0. The molecule has 4 rings (SSSR count). The number of fused-ring (bicyclic) bond motifs is 1. The van der Waals surface area contributed by atoms with Gasteiger partial charge in [0, 0.05) is 42.3 Å². The molecule has 0 amide bonds. The summed E-state index contributed by atoms with van der Waals surface area (Å²) in [4.78, 5) is 7.28. The molecule has 1 heterocycles. The van der Waals surface area contributed by atoms with E-state index in [1.807, 2.05) is 6.20 Å². The summed E-state index contributed by atoms with van der Waals surface area (Å²) in [5.74, 6) is 0. The van der Waals surface area contributed by atoms with Gasteiger partial charge < -0.3 is 4.90 Å². The maximum Gasteiger partial charge on any atom is 0.0477 e. The summed E-state index contributed by atoms with van der Waals surface area (Å²) in [6, 6.07) is 26.3. The molecule has 0 bridgehead atoms. The van der Waals surface area contributed by atoms with E-state index in [-0.39, 0.29) is 0 Å². The van der Waals surface area contributed by atoms with Crippen LogP contribution < -0.4 is 4.90 Å². The number of hydrogen-bond donors (Lipinski definition) is 0. The number of anilines is 1. The minimum absolute atomic E-state index is 1.11. The van der Waals surface area contributed by atoms with E-state index in [0.29, 0.717) is 0 Å². The van der Waals surface area contributed by atoms with Crippen molar-refractivity contribution in [3.63, 3.8) is 0 Å². The highest BCUT2D eigenvalue weighted by molar-refractivity contribution is 6.06. The van der Waals surface area contributed by atoms with Crippen molar-refractivity contribution in [1.82, 2.24) is 4.98 Å². The van der Waals surface area contributed by atoms with Crippen LogP contribution in [0.2, 0.25) is 0 Å². The molecule has 2 heteroatoms. The normalized spacial score (nSPS) is 11.1. The Labute approximate surface area is 212 Å². The molecule has 0 saturated carbocycles. The summed E-state index contributed by atoms with van der Waals surface area (Å²) >= 11 is 0. The molecule has 0 aliphatic rings. The van der Waals surface area contributed by atoms with E-state index in [0.717, 1.165) is 13.1 Å². The Bertz CT molecular complexity index is 1170. The topological polar surface area (TPSA) is 16.1 Å². The van der Waals surface area contributed by atoms with Gasteiger partial charge in [-0.25, -0.2) is 0 Å². The quantitative estimate of drug-likeness (QED) is 0.183. The summed E-state index contributed by atoms with van der Waals surface area (Å²) in [6.07, 6.45) is 14.3. The van der Waals surface area contributed by atoms with Crippen molar-refractivity contribution in [1.29, 1.82) is 0 Å². The van der Waals surface area contributed by atoms with E-state index < -0.39 is 0 Å². The zero-order chi connectivity index (χ0) is 24.3. The standard InChI is InChI=1S/C33H40N2/c1-3-5-7-14-24-35(25-15-8-6-4-2)32-22-23-34-26-31(32)33-29-19-13-12-18-28(29)20-21-30(33)27-16-10-9-11-17-27/h9-13,16-23,26H,3-8,14-15,24-25H2,1-2H3. The van der Waals surface area contributed by atoms with Crippen LogP contribution in [0.1, 0.15) is 65.2 Å². The summed E-state index contributed by atoms with van der Waals surface area (Å²) < 4.78 is 0. The maximum atomic E-state index is 4.64. The lowest BCUT2D eigenvalue weighted by Crippen LogP contribution is -2.26. The van der Waals surface area contributed by atoms with Crippen LogP contribution in [-0.4, -0.2) is 18.1 Å². The number of nitrogens with zero attached hydrogens (tertiary/aromatic N) is 2. The number of aromatic nitrogens is 1. The molecule has 3 aromatic carbocycles. The van der Waals surface area contributed by atoms with Gasteiger partial charge in [-0.2, -0.15) is 0 Å². The third-order valence-electron chi connectivity index (χ3n) is 6.99. The monoisotopic (exact) mass is 464 g/mol. The highest BCUT2D eigenvalue weighted by Crippen LogP contribution is 2.42. The van der Waals surface area contributed by atoms with Gasteiger partial charge in [0.1, 0.15) is 0 Å². The van der Waals surface area contributed by atoms with E-state index in [4.69, 9.17) is 0 Å². The molecular formula is C33H40N2. The molecule has 1 aromatic heterocycles. The second-order valence-corrected chi connectivity index (χ2v) is 9.58. The highest BCUT2D eigenvalue weighted by atomic mass is 15.1. The molecule has 0 saturated heterocycles. The lowest BCUT2D eigenvalue weighted by molar-refractivity contribution is 0.609. The fourth-order valence-electron chi connectivity index (χ4n) is 5.09. The number of rotatable bonds is 13. The fourth-order valence-corrected chi connectivity index (χ4v) is 5.09. The molecule has 0 fully saturated rings. The van der Waals surface area contributed by atoms with Gasteiger partial charge >= 0.3 is 0 Å². The van der Waals surface area contributed by atoms with Gasteiger partial charge in [0.25, 0.3) is 0 Å². The Morgan fingerprint density at radius 3 is 2.03 bits per heavy atom. The van der Waals surface area contributed by atoms with Crippen molar-refractivity contribution in [3.05, 3.63) is 85.2 Å². The second kappa shape index (κ2) is 13.1. The van der Waals surface area contributed by atoms with Crippen LogP contribution in [0, 0.1) is 0 Å². The number of hydrogen-bond acceptors (Lipinski definition) is 2. The minimum atomic E-state index is 1.11. The molecule has 35 heavy (non-hydrogen) atoms. The maximum absolute atomic E-state index is 4.64. The van der Waals surface area contributed by atoms with E-state index in [2.05, 4.69) is 103 Å². The predicted octanol–water partition coefficient (Wildman–Crippen LogP) is 9.54. The van der Waals surface area contributed by atoms with E-state index >= 15 is 0 Å². The van der Waals surface area contributed by atoms with Gasteiger partial charge in [0.15, 0.2) is 0 Å². The highest BCUT2D eigenvalue weighted by Gasteiger charge is 2.18. The average Bonchev–Trinajstić information content (AvgIpc) is 2.92. The molecule has 4 aromatic rings. The first-order chi connectivity index (χ1) is 17.3. The predicted molar refractivity (Wildman–Crippen MR) is 153 cm³/mol. The Morgan fingerprint density at radius 2 is 1.31 bits per heavy atom. The van der Waals surface area contributed by atoms with Crippen LogP contribution in [0.4, 0.5) is 5.69 Å². The molecule has 0 aliphatic carbocycles. The summed E-state index contributed by atoms with van der Waals surface area (Å²) in [5.41, 5.74) is 6.39. The Hall–Kier alpha value is -3.13. The van der Waals surface area contributed by atoms with E-state index in [1.54, 1.807) is 0 Å². The van der Waals surface area contributed by atoms with Gasteiger partial charge in [-0.1, -0.05) is 119 Å². The van der Waals surface area contributed by atoms with Crippen molar-refractivity contribution >= 4 is 16.5 Å². The second-order valence-electron chi connectivity index (χ2n) is 9.58. The van der Waals surface area contributed by atoms with E-state index in [1.165, 1.54) is 90.1 Å². The molecule has 182 valence electrons. The zero-order valence-corrected chi connectivity index (χ0v) is 21.5.